The van der Waals surface area contributed by atoms with Crippen LogP contribution in [0.1, 0.15) is 37.3 Å². The zero-order valence-electron chi connectivity index (χ0n) is 13.4. The van der Waals surface area contributed by atoms with Crippen molar-refractivity contribution in [1.29, 1.82) is 0 Å². The lowest BCUT2D eigenvalue weighted by Gasteiger charge is -2.26. The molecule has 0 radical (unpaired) electrons. The summed E-state index contributed by atoms with van der Waals surface area (Å²) in [6, 6.07) is 6.29. The smallest absolute Gasteiger partial charge is 0.123 e. The van der Waals surface area contributed by atoms with Gasteiger partial charge in [-0.2, -0.15) is 0 Å². The van der Waals surface area contributed by atoms with E-state index in [4.69, 9.17) is 4.74 Å². The van der Waals surface area contributed by atoms with E-state index in [-0.39, 0.29) is 0 Å². The van der Waals surface area contributed by atoms with Gasteiger partial charge in [0.1, 0.15) is 18.5 Å². The third kappa shape index (κ3) is 4.87. The van der Waals surface area contributed by atoms with Gasteiger partial charge in [0.15, 0.2) is 0 Å². The summed E-state index contributed by atoms with van der Waals surface area (Å²) in [5.74, 6) is 1.33. The van der Waals surface area contributed by atoms with Gasteiger partial charge in [-0.3, -0.25) is 4.90 Å². The summed E-state index contributed by atoms with van der Waals surface area (Å²) in [5, 5.41) is 10.2. The number of aliphatic hydroxyl groups is 1. The molecule has 3 heteroatoms. The van der Waals surface area contributed by atoms with E-state index < -0.39 is 6.10 Å². The lowest BCUT2D eigenvalue weighted by Crippen LogP contribution is -2.37. The molecule has 1 aliphatic heterocycles. The fourth-order valence-electron chi connectivity index (χ4n) is 2.64. The molecule has 0 aliphatic carbocycles. The zero-order valence-corrected chi connectivity index (χ0v) is 13.4. The largest absolute Gasteiger partial charge is 0.491 e. The van der Waals surface area contributed by atoms with E-state index in [9.17, 15) is 5.11 Å². The Kier molecular flexibility index (Phi) is 5.83. The minimum atomic E-state index is -0.447. The molecule has 3 nitrogen and oxygen atoms in total. The van der Waals surface area contributed by atoms with Crippen LogP contribution in [0, 0.1) is 6.92 Å². The van der Waals surface area contributed by atoms with Crippen molar-refractivity contribution in [3.8, 4) is 5.75 Å². The first-order valence-electron chi connectivity index (χ1n) is 7.85. The lowest BCUT2D eigenvalue weighted by molar-refractivity contribution is 0.0708. The van der Waals surface area contributed by atoms with Gasteiger partial charge in [0.25, 0.3) is 0 Å². The van der Waals surface area contributed by atoms with Crippen LogP contribution in [0.25, 0.3) is 0 Å². The molecule has 116 valence electrons. The minimum absolute atomic E-state index is 0.351. The van der Waals surface area contributed by atoms with Crippen LogP contribution in [0.4, 0.5) is 0 Å². The summed E-state index contributed by atoms with van der Waals surface area (Å²) < 4.78 is 5.89. The van der Waals surface area contributed by atoms with Gasteiger partial charge in [0.2, 0.25) is 0 Å². The van der Waals surface area contributed by atoms with Crippen LogP contribution in [0.5, 0.6) is 5.75 Å². The van der Waals surface area contributed by atoms with Crippen LogP contribution in [-0.2, 0) is 0 Å². The number of nitrogens with zero attached hydrogens (tertiary/aromatic N) is 1. The van der Waals surface area contributed by atoms with Crippen molar-refractivity contribution in [2.75, 3.05) is 26.2 Å². The molecule has 0 unspecified atom stereocenters. The van der Waals surface area contributed by atoms with Crippen LogP contribution in [0.2, 0.25) is 0 Å². The van der Waals surface area contributed by atoms with Crippen LogP contribution in [0.3, 0.4) is 0 Å². The van der Waals surface area contributed by atoms with Crippen molar-refractivity contribution >= 4 is 0 Å². The highest BCUT2D eigenvalue weighted by molar-refractivity contribution is 5.39. The van der Waals surface area contributed by atoms with Gasteiger partial charge in [0.05, 0.1) is 0 Å². The van der Waals surface area contributed by atoms with E-state index in [2.05, 4.69) is 56.0 Å². The second-order valence-electron chi connectivity index (χ2n) is 6.18. The molecule has 0 bridgehead atoms. The Morgan fingerprint density at radius 2 is 2.10 bits per heavy atom. The Labute approximate surface area is 128 Å². The molecule has 21 heavy (non-hydrogen) atoms. The van der Waals surface area contributed by atoms with E-state index >= 15 is 0 Å². The molecule has 0 saturated carbocycles. The fraction of sp³-hybridized carbons (Fsp3) is 0.556. The Bertz CT molecular complexity index is 482. The van der Waals surface area contributed by atoms with Crippen molar-refractivity contribution in [2.24, 2.45) is 0 Å². The van der Waals surface area contributed by atoms with E-state index in [1.165, 1.54) is 11.1 Å². The summed E-state index contributed by atoms with van der Waals surface area (Å²) in [7, 11) is 0. The van der Waals surface area contributed by atoms with Crippen molar-refractivity contribution in [3.05, 3.63) is 41.5 Å². The number of benzene rings is 1. The fourth-order valence-corrected chi connectivity index (χ4v) is 2.64. The molecule has 1 aromatic rings. The van der Waals surface area contributed by atoms with Gasteiger partial charge in [-0.15, -0.1) is 0 Å². The molecular formula is C18H27NO2. The molecule has 2 rings (SSSR count). The highest BCUT2D eigenvalue weighted by Gasteiger charge is 2.14. The van der Waals surface area contributed by atoms with Crippen LogP contribution >= 0.6 is 0 Å². The van der Waals surface area contributed by atoms with E-state index in [1.807, 2.05) is 0 Å². The van der Waals surface area contributed by atoms with Gasteiger partial charge in [-0.25, -0.2) is 0 Å². The van der Waals surface area contributed by atoms with E-state index in [0.29, 0.717) is 19.1 Å². The van der Waals surface area contributed by atoms with Gasteiger partial charge >= 0.3 is 0 Å². The monoisotopic (exact) mass is 289 g/mol. The molecule has 1 aromatic carbocycles. The molecule has 0 aromatic heterocycles. The average Bonchev–Trinajstić information content (AvgIpc) is 2.46. The predicted octanol–water partition coefficient (Wildman–Crippen LogP) is 3.12. The summed E-state index contributed by atoms with van der Waals surface area (Å²) >= 11 is 0. The molecule has 0 saturated heterocycles. The van der Waals surface area contributed by atoms with Crippen molar-refractivity contribution in [2.45, 2.75) is 39.2 Å². The number of ether oxygens (including phenoxy) is 1. The molecule has 0 spiro atoms. The van der Waals surface area contributed by atoms with Gasteiger partial charge < -0.3 is 9.84 Å². The Morgan fingerprint density at radius 3 is 2.76 bits per heavy atom. The van der Waals surface area contributed by atoms with Gasteiger partial charge in [-0.05, 0) is 36.5 Å². The summed E-state index contributed by atoms with van der Waals surface area (Å²) in [6.45, 7) is 9.36. The summed E-state index contributed by atoms with van der Waals surface area (Å²) in [6.07, 6.45) is 4.98. The standard InChI is InChI=1S/C18H27NO2/c1-14(2)17-8-7-15(3)11-18(17)21-13-16(20)12-19-9-5-4-6-10-19/h4-5,7-8,11,14,16,20H,6,9-10,12-13H2,1-3H3/t16-/m0/s1. The maximum Gasteiger partial charge on any atom is 0.123 e. The third-order valence-electron chi connectivity index (χ3n) is 3.83. The number of aryl methyl sites for hydroxylation is 1. The molecule has 1 atom stereocenters. The number of hydrogen-bond donors (Lipinski definition) is 1. The molecular weight excluding hydrogens is 262 g/mol. The molecule has 1 N–H and O–H groups in total. The Morgan fingerprint density at radius 1 is 1.29 bits per heavy atom. The zero-order chi connectivity index (χ0) is 15.2. The Balaban J connectivity index is 1.89. The number of hydrogen-bond acceptors (Lipinski definition) is 3. The molecule has 0 amide bonds. The van der Waals surface area contributed by atoms with Crippen LogP contribution < -0.4 is 4.74 Å². The normalized spacial score (nSPS) is 17.2. The van der Waals surface area contributed by atoms with Gasteiger partial charge in [0, 0.05) is 19.6 Å². The first kappa shape index (κ1) is 16.1. The van der Waals surface area contributed by atoms with Crippen molar-refractivity contribution in [1.82, 2.24) is 4.90 Å². The quantitative estimate of drug-likeness (QED) is 0.817. The van der Waals surface area contributed by atoms with E-state index in [0.717, 1.165) is 25.3 Å². The Hall–Kier alpha value is -1.32. The minimum Gasteiger partial charge on any atom is -0.491 e. The van der Waals surface area contributed by atoms with Crippen LogP contribution in [0.15, 0.2) is 30.4 Å². The predicted molar refractivity (Wildman–Crippen MR) is 87.0 cm³/mol. The molecule has 1 heterocycles. The summed E-state index contributed by atoms with van der Waals surface area (Å²) in [4.78, 5) is 2.26. The number of aliphatic hydroxyl groups excluding tert-OH is 1. The van der Waals surface area contributed by atoms with Crippen molar-refractivity contribution in [3.63, 3.8) is 0 Å². The SMILES string of the molecule is Cc1ccc(C(C)C)c(OC[C@@H](O)CN2CC=CCC2)c1. The van der Waals surface area contributed by atoms with E-state index in [1.54, 1.807) is 0 Å². The highest BCUT2D eigenvalue weighted by atomic mass is 16.5. The third-order valence-corrected chi connectivity index (χ3v) is 3.83. The number of β-amino-alcohol motifs (C(OH)–C–C–N with tert-alkyl or cyclic N) is 1. The van der Waals surface area contributed by atoms with Crippen molar-refractivity contribution < 1.29 is 9.84 Å². The first-order chi connectivity index (χ1) is 10.1. The average molecular weight is 289 g/mol. The van der Waals surface area contributed by atoms with Gasteiger partial charge in [-0.1, -0.05) is 38.1 Å². The second-order valence-corrected chi connectivity index (χ2v) is 6.18. The maximum atomic E-state index is 10.2. The maximum absolute atomic E-state index is 10.2. The number of rotatable bonds is 6. The second kappa shape index (κ2) is 7.62. The topological polar surface area (TPSA) is 32.7 Å². The molecule has 1 aliphatic rings. The molecule has 0 fully saturated rings. The van der Waals surface area contributed by atoms with Crippen LogP contribution in [-0.4, -0.2) is 42.4 Å². The summed E-state index contributed by atoms with van der Waals surface area (Å²) in [5.41, 5.74) is 2.39. The first-order valence-corrected chi connectivity index (χ1v) is 7.85. The lowest BCUT2D eigenvalue weighted by atomic mass is 10.0. The highest BCUT2D eigenvalue weighted by Crippen LogP contribution is 2.27.